The van der Waals surface area contributed by atoms with Crippen LogP contribution in [-0.4, -0.2) is 34.7 Å². The highest BCUT2D eigenvalue weighted by Gasteiger charge is 2.09. The maximum Gasteiger partial charge on any atom is 0.246 e. The monoisotopic (exact) mass is 404 g/mol. The number of guanidine groups is 1. The van der Waals surface area contributed by atoms with Crippen LogP contribution in [-0.2, 0) is 13.0 Å². The van der Waals surface area contributed by atoms with Crippen LogP contribution in [0.15, 0.2) is 33.8 Å². The minimum absolute atomic E-state index is 0.385. The van der Waals surface area contributed by atoms with Crippen LogP contribution in [0.4, 0.5) is 0 Å². The van der Waals surface area contributed by atoms with Crippen molar-refractivity contribution in [1.29, 1.82) is 0 Å². The molecule has 0 saturated carbocycles. The summed E-state index contributed by atoms with van der Waals surface area (Å²) < 4.78 is 5.29. The Bertz CT molecular complexity index is 899. The summed E-state index contributed by atoms with van der Waals surface area (Å²) >= 11 is 7.63. The van der Waals surface area contributed by atoms with Gasteiger partial charge in [-0.25, -0.2) is 4.98 Å². The molecule has 0 bridgehead atoms. The minimum Gasteiger partial charge on any atom is -0.356 e. The number of hydrogen-bond acceptors (Lipinski definition) is 6. The van der Waals surface area contributed by atoms with E-state index < -0.39 is 0 Å². The molecule has 27 heavy (non-hydrogen) atoms. The normalized spacial score (nSPS) is 11.6. The average molecular weight is 405 g/mol. The molecule has 0 aliphatic carbocycles. The number of nitrogens with zero attached hydrogens (tertiary/aromatic N) is 4. The number of halogens is 1. The number of aliphatic imine (C=N–C) groups is 1. The maximum absolute atomic E-state index is 5.90. The quantitative estimate of drug-likeness (QED) is 0.483. The molecule has 0 saturated heterocycles. The van der Waals surface area contributed by atoms with Crippen LogP contribution in [0.3, 0.4) is 0 Å². The van der Waals surface area contributed by atoms with Gasteiger partial charge in [0.2, 0.25) is 11.7 Å². The minimum atomic E-state index is 0.385. The fourth-order valence-corrected chi connectivity index (χ4v) is 3.42. The molecule has 0 atom stereocenters. The number of benzene rings is 1. The molecule has 0 fully saturated rings. The zero-order valence-corrected chi connectivity index (χ0v) is 17.0. The Morgan fingerprint density at radius 1 is 1.19 bits per heavy atom. The first kappa shape index (κ1) is 19.3. The molecule has 3 rings (SSSR count). The molecule has 9 heteroatoms. The van der Waals surface area contributed by atoms with Gasteiger partial charge in [-0.3, -0.25) is 4.99 Å². The zero-order chi connectivity index (χ0) is 19.2. The molecule has 0 radical (unpaired) electrons. The van der Waals surface area contributed by atoms with Crippen molar-refractivity contribution >= 4 is 28.9 Å². The van der Waals surface area contributed by atoms with Crippen molar-refractivity contribution in [2.45, 2.75) is 26.8 Å². The van der Waals surface area contributed by atoms with Gasteiger partial charge in [-0.15, -0.1) is 11.3 Å². The van der Waals surface area contributed by atoms with Gasteiger partial charge in [0, 0.05) is 35.5 Å². The number of hydrogen-bond donors (Lipinski definition) is 2. The van der Waals surface area contributed by atoms with E-state index in [4.69, 9.17) is 16.1 Å². The fourth-order valence-electron chi connectivity index (χ4n) is 2.36. The summed E-state index contributed by atoms with van der Waals surface area (Å²) in [5.41, 5.74) is 1.95. The Morgan fingerprint density at radius 3 is 2.63 bits per heavy atom. The first-order chi connectivity index (χ1) is 13.0. The Morgan fingerprint density at radius 2 is 1.96 bits per heavy atom. The Labute approximate surface area is 166 Å². The molecule has 0 spiro atoms. The van der Waals surface area contributed by atoms with Crippen LogP contribution >= 0.6 is 22.9 Å². The van der Waals surface area contributed by atoms with Gasteiger partial charge in [0.25, 0.3) is 0 Å². The predicted octanol–water partition coefficient (Wildman–Crippen LogP) is 3.37. The van der Waals surface area contributed by atoms with Crippen LogP contribution in [0, 0.1) is 13.8 Å². The highest BCUT2D eigenvalue weighted by Crippen LogP contribution is 2.18. The van der Waals surface area contributed by atoms with E-state index in [1.807, 2.05) is 19.1 Å². The van der Waals surface area contributed by atoms with Gasteiger partial charge in [-0.05, 0) is 38.1 Å². The van der Waals surface area contributed by atoms with Crippen molar-refractivity contribution in [3.8, 4) is 11.4 Å². The van der Waals surface area contributed by atoms with Crippen molar-refractivity contribution in [3.05, 3.63) is 50.8 Å². The summed E-state index contributed by atoms with van der Waals surface area (Å²) in [5.74, 6) is 1.68. The highest BCUT2D eigenvalue weighted by molar-refractivity contribution is 7.11. The van der Waals surface area contributed by atoms with E-state index in [0.717, 1.165) is 29.2 Å². The van der Waals surface area contributed by atoms with Crippen molar-refractivity contribution in [2.75, 3.05) is 13.6 Å². The smallest absolute Gasteiger partial charge is 0.246 e. The van der Waals surface area contributed by atoms with Crippen LogP contribution in [0.2, 0.25) is 5.02 Å². The van der Waals surface area contributed by atoms with Gasteiger partial charge in [0.15, 0.2) is 5.96 Å². The summed E-state index contributed by atoms with van der Waals surface area (Å²) in [5, 5.41) is 12.2. The summed E-state index contributed by atoms with van der Waals surface area (Å²) in [4.78, 5) is 14.4. The summed E-state index contributed by atoms with van der Waals surface area (Å²) in [6.45, 7) is 5.25. The SMILES string of the molecule is CN=C(NCCc1nc(C)c(C)s1)NCc1nc(-c2ccc(Cl)cc2)no1. The predicted molar refractivity (Wildman–Crippen MR) is 108 cm³/mol. The first-order valence-corrected chi connectivity index (χ1v) is 9.70. The molecule has 2 N–H and O–H groups in total. The van der Waals surface area contributed by atoms with Crippen LogP contribution < -0.4 is 10.6 Å². The zero-order valence-electron chi connectivity index (χ0n) is 15.4. The lowest BCUT2D eigenvalue weighted by atomic mass is 10.2. The highest BCUT2D eigenvalue weighted by atomic mass is 35.5. The van der Waals surface area contributed by atoms with E-state index in [9.17, 15) is 0 Å². The van der Waals surface area contributed by atoms with Crippen molar-refractivity contribution < 1.29 is 4.52 Å². The molecule has 7 nitrogen and oxygen atoms in total. The Kier molecular flexibility index (Phi) is 6.41. The topological polar surface area (TPSA) is 88.2 Å². The third-order valence-corrected chi connectivity index (χ3v) is 5.29. The Balaban J connectivity index is 1.48. The molecule has 3 aromatic rings. The number of thiazole rings is 1. The third kappa shape index (κ3) is 5.27. The largest absolute Gasteiger partial charge is 0.356 e. The molecular formula is C18H21ClN6OS. The van der Waals surface area contributed by atoms with E-state index >= 15 is 0 Å². The number of rotatable bonds is 6. The molecule has 0 aliphatic rings. The van der Waals surface area contributed by atoms with Crippen molar-refractivity contribution in [3.63, 3.8) is 0 Å². The third-order valence-electron chi connectivity index (χ3n) is 3.91. The summed E-state index contributed by atoms with van der Waals surface area (Å²) in [7, 11) is 1.72. The molecule has 1 aromatic carbocycles. The molecule has 0 unspecified atom stereocenters. The van der Waals surface area contributed by atoms with E-state index in [1.54, 1.807) is 30.5 Å². The number of nitrogens with one attached hydrogen (secondary N) is 2. The summed E-state index contributed by atoms with van der Waals surface area (Å²) in [6, 6.07) is 7.30. The number of aryl methyl sites for hydroxylation is 2. The maximum atomic E-state index is 5.90. The molecule has 2 aromatic heterocycles. The second kappa shape index (κ2) is 8.96. The van der Waals surface area contributed by atoms with Gasteiger partial charge in [-0.1, -0.05) is 16.8 Å². The second-order valence-corrected chi connectivity index (χ2v) is 7.59. The number of aromatic nitrogens is 3. The van der Waals surface area contributed by atoms with E-state index in [1.165, 1.54) is 4.88 Å². The van der Waals surface area contributed by atoms with Crippen LogP contribution in [0.1, 0.15) is 21.5 Å². The van der Waals surface area contributed by atoms with Gasteiger partial charge < -0.3 is 15.2 Å². The van der Waals surface area contributed by atoms with E-state index in [2.05, 4.69) is 37.7 Å². The lowest BCUT2D eigenvalue weighted by Crippen LogP contribution is -2.37. The molecule has 0 aliphatic heterocycles. The average Bonchev–Trinajstić information content (AvgIpc) is 3.25. The standard InChI is InChI=1S/C18H21ClN6OS/c1-11-12(2)27-16(23-11)8-9-21-18(20-3)22-10-15-24-17(25-26-15)13-4-6-14(19)7-5-13/h4-7H,8-10H2,1-3H3,(H2,20,21,22). The van der Waals surface area contributed by atoms with E-state index in [-0.39, 0.29) is 0 Å². The van der Waals surface area contributed by atoms with Gasteiger partial charge in [-0.2, -0.15) is 4.98 Å². The molecular weight excluding hydrogens is 384 g/mol. The fraction of sp³-hybridized carbons (Fsp3) is 0.333. The summed E-state index contributed by atoms with van der Waals surface area (Å²) in [6.07, 6.45) is 0.849. The van der Waals surface area contributed by atoms with Crippen molar-refractivity contribution in [1.82, 2.24) is 25.8 Å². The van der Waals surface area contributed by atoms with Crippen LogP contribution in [0.25, 0.3) is 11.4 Å². The molecule has 0 amide bonds. The van der Waals surface area contributed by atoms with E-state index in [0.29, 0.717) is 29.2 Å². The van der Waals surface area contributed by atoms with Crippen LogP contribution in [0.5, 0.6) is 0 Å². The lowest BCUT2D eigenvalue weighted by molar-refractivity contribution is 0.375. The van der Waals surface area contributed by atoms with Gasteiger partial charge in [0.05, 0.1) is 17.2 Å². The van der Waals surface area contributed by atoms with Gasteiger partial charge >= 0.3 is 0 Å². The molecule has 142 valence electrons. The Hall–Kier alpha value is -2.45. The first-order valence-electron chi connectivity index (χ1n) is 8.51. The lowest BCUT2D eigenvalue weighted by Gasteiger charge is -2.09. The van der Waals surface area contributed by atoms with Crippen molar-refractivity contribution in [2.24, 2.45) is 4.99 Å². The molecule has 2 heterocycles. The second-order valence-electron chi connectivity index (χ2n) is 5.87. The van der Waals surface area contributed by atoms with Gasteiger partial charge in [0.1, 0.15) is 0 Å².